The zero-order chi connectivity index (χ0) is 19.3. The zero-order valence-corrected chi connectivity index (χ0v) is 16.2. The van der Waals surface area contributed by atoms with E-state index in [-0.39, 0.29) is 24.3 Å². The first-order valence-corrected chi connectivity index (χ1v) is 9.08. The van der Waals surface area contributed by atoms with Crippen molar-refractivity contribution in [1.82, 2.24) is 10.6 Å². The fourth-order valence-electron chi connectivity index (χ4n) is 3.87. The summed E-state index contributed by atoms with van der Waals surface area (Å²) in [7, 11) is 0. The van der Waals surface area contributed by atoms with Crippen molar-refractivity contribution < 1.29 is 14.7 Å². The molecule has 2 amide bonds. The van der Waals surface area contributed by atoms with Gasteiger partial charge in [0.25, 0.3) is 0 Å². The highest BCUT2D eigenvalue weighted by atomic mass is 16.3. The van der Waals surface area contributed by atoms with Gasteiger partial charge in [0.15, 0.2) is 0 Å². The number of carbonyl (C=O) groups is 2. The second-order valence-electron chi connectivity index (χ2n) is 7.93. The van der Waals surface area contributed by atoms with Gasteiger partial charge < -0.3 is 15.7 Å². The molecule has 0 radical (unpaired) electrons. The number of nitrogens with one attached hydrogen (secondary N) is 2. The summed E-state index contributed by atoms with van der Waals surface area (Å²) in [6, 6.07) is 0. The lowest BCUT2D eigenvalue weighted by atomic mass is 9.65. The predicted octanol–water partition coefficient (Wildman–Crippen LogP) is 2.56. The van der Waals surface area contributed by atoms with Crippen molar-refractivity contribution in [2.75, 3.05) is 13.1 Å². The van der Waals surface area contributed by atoms with Crippen LogP contribution >= 0.6 is 0 Å². The number of carbonyl (C=O) groups excluding carboxylic acids is 2. The summed E-state index contributed by atoms with van der Waals surface area (Å²) in [5.41, 5.74) is -2.20. The summed E-state index contributed by atoms with van der Waals surface area (Å²) in [6.07, 6.45) is 5.37. The maximum absolute atomic E-state index is 13.0. The van der Waals surface area contributed by atoms with Crippen molar-refractivity contribution in [3.05, 3.63) is 25.3 Å². The summed E-state index contributed by atoms with van der Waals surface area (Å²) < 4.78 is 0. The number of hydrogen-bond donors (Lipinski definition) is 3. The standard InChI is InChI=1S/C20H34N2O3/c1-7-11-20(25,12-8-2)14-22-17(24)19(6)13-10-15(18(19,4)5)16(23)21-9-3/h7-8,15,25H,1-2,9-14H2,3-6H3,(H,21,23)(H,22,24)/t15-,19+/m0/s1. The van der Waals surface area contributed by atoms with Crippen molar-refractivity contribution in [3.8, 4) is 0 Å². The average Bonchev–Trinajstić information content (AvgIpc) is 2.77. The molecule has 0 aromatic heterocycles. The highest BCUT2D eigenvalue weighted by molar-refractivity contribution is 5.87. The molecule has 5 nitrogen and oxygen atoms in total. The van der Waals surface area contributed by atoms with Gasteiger partial charge >= 0.3 is 0 Å². The fourth-order valence-corrected chi connectivity index (χ4v) is 3.87. The lowest BCUT2D eigenvalue weighted by Gasteiger charge is -2.40. The number of hydrogen-bond acceptors (Lipinski definition) is 3. The van der Waals surface area contributed by atoms with Crippen LogP contribution in [-0.4, -0.2) is 35.6 Å². The number of amides is 2. The second kappa shape index (κ2) is 8.17. The van der Waals surface area contributed by atoms with Gasteiger partial charge in [-0.3, -0.25) is 9.59 Å². The highest BCUT2D eigenvalue weighted by Gasteiger charge is 2.57. The quantitative estimate of drug-likeness (QED) is 0.559. The molecule has 0 heterocycles. The van der Waals surface area contributed by atoms with Crippen molar-refractivity contribution in [1.29, 1.82) is 0 Å². The minimum atomic E-state index is -1.07. The van der Waals surface area contributed by atoms with Crippen LogP contribution in [0.1, 0.15) is 53.4 Å². The zero-order valence-electron chi connectivity index (χ0n) is 16.2. The Labute approximate surface area is 152 Å². The van der Waals surface area contributed by atoms with Crippen LogP contribution < -0.4 is 10.6 Å². The first-order valence-electron chi connectivity index (χ1n) is 9.08. The predicted molar refractivity (Wildman–Crippen MR) is 101 cm³/mol. The Hall–Kier alpha value is -1.62. The molecule has 0 aliphatic heterocycles. The van der Waals surface area contributed by atoms with Gasteiger partial charge in [-0.2, -0.15) is 0 Å². The molecule has 1 aliphatic rings. The van der Waals surface area contributed by atoms with Gasteiger partial charge in [0.05, 0.1) is 11.0 Å². The van der Waals surface area contributed by atoms with Gasteiger partial charge in [0.1, 0.15) is 0 Å². The molecular formula is C20H34N2O3. The van der Waals surface area contributed by atoms with E-state index in [2.05, 4.69) is 23.8 Å². The molecule has 25 heavy (non-hydrogen) atoms. The lowest BCUT2D eigenvalue weighted by molar-refractivity contribution is -0.139. The maximum atomic E-state index is 13.0. The molecular weight excluding hydrogens is 316 g/mol. The van der Waals surface area contributed by atoms with E-state index in [9.17, 15) is 14.7 Å². The van der Waals surface area contributed by atoms with Gasteiger partial charge in [-0.05, 0) is 38.0 Å². The van der Waals surface area contributed by atoms with Gasteiger partial charge in [-0.1, -0.05) is 32.9 Å². The van der Waals surface area contributed by atoms with Crippen molar-refractivity contribution in [2.45, 2.75) is 59.0 Å². The minimum Gasteiger partial charge on any atom is -0.387 e. The molecule has 1 saturated carbocycles. The maximum Gasteiger partial charge on any atom is 0.226 e. The van der Waals surface area contributed by atoms with Crippen LogP contribution in [0.4, 0.5) is 0 Å². The smallest absolute Gasteiger partial charge is 0.226 e. The van der Waals surface area contributed by atoms with E-state index >= 15 is 0 Å². The molecule has 3 N–H and O–H groups in total. The Bertz CT molecular complexity index is 517. The molecule has 0 unspecified atom stereocenters. The van der Waals surface area contributed by atoms with E-state index in [0.29, 0.717) is 32.2 Å². The van der Waals surface area contributed by atoms with Crippen LogP contribution in [-0.2, 0) is 9.59 Å². The summed E-state index contributed by atoms with van der Waals surface area (Å²) in [6.45, 7) is 15.8. The van der Waals surface area contributed by atoms with Gasteiger partial charge in [0, 0.05) is 19.0 Å². The molecule has 0 bridgehead atoms. The van der Waals surface area contributed by atoms with Crippen LogP contribution in [0.3, 0.4) is 0 Å². The molecule has 5 heteroatoms. The Kier molecular flexibility index (Phi) is 7.00. The molecule has 1 fully saturated rings. The largest absolute Gasteiger partial charge is 0.387 e. The molecule has 2 atom stereocenters. The molecule has 0 aromatic carbocycles. The molecule has 1 aliphatic carbocycles. The summed E-state index contributed by atoms with van der Waals surface area (Å²) >= 11 is 0. The van der Waals surface area contributed by atoms with Crippen molar-refractivity contribution >= 4 is 11.8 Å². The molecule has 1 rings (SSSR count). The van der Waals surface area contributed by atoms with Gasteiger partial charge in [-0.15, -0.1) is 13.2 Å². The number of rotatable bonds is 9. The first kappa shape index (κ1) is 21.4. The second-order valence-corrected chi connectivity index (χ2v) is 7.93. The topological polar surface area (TPSA) is 78.4 Å². The Balaban J connectivity index is 2.88. The van der Waals surface area contributed by atoms with Crippen LogP contribution in [0.5, 0.6) is 0 Å². The average molecular weight is 351 g/mol. The van der Waals surface area contributed by atoms with Gasteiger partial charge in [-0.25, -0.2) is 0 Å². The van der Waals surface area contributed by atoms with E-state index in [0.717, 1.165) is 0 Å². The molecule has 142 valence electrons. The van der Waals surface area contributed by atoms with Crippen LogP contribution in [0.15, 0.2) is 25.3 Å². The lowest BCUT2D eigenvalue weighted by Crippen LogP contribution is -2.52. The minimum absolute atomic E-state index is 0.0128. The third-order valence-corrected chi connectivity index (χ3v) is 6.02. The van der Waals surface area contributed by atoms with Crippen molar-refractivity contribution in [3.63, 3.8) is 0 Å². The van der Waals surface area contributed by atoms with E-state index in [1.165, 1.54) is 0 Å². The molecule has 0 spiro atoms. The highest BCUT2D eigenvalue weighted by Crippen LogP contribution is 2.56. The SMILES string of the molecule is C=CCC(O)(CC=C)CNC(=O)[C@@]1(C)CC[C@@H](C(=O)NCC)C1(C)C. The molecule has 0 aromatic rings. The van der Waals surface area contributed by atoms with Crippen LogP contribution in [0.2, 0.25) is 0 Å². The Morgan fingerprint density at radius 3 is 2.24 bits per heavy atom. The normalized spacial score (nSPS) is 25.2. The fraction of sp³-hybridized carbons (Fsp3) is 0.700. The van der Waals surface area contributed by atoms with E-state index in [4.69, 9.17) is 0 Å². The first-order chi connectivity index (χ1) is 11.6. The van der Waals surface area contributed by atoms with E-state index in [1.807, 2.05) is 27.7 Å². The Morgan fingerprint density at radius 1 is 1.20 bits per heavy atom. The van der Waals surface area contributed by atoms with E-state index < -0.39 is 16.4 Å². The third-order valence-electron chi connectivity index (χ3n) is 6.02. The van der Waals surface area contributed by atoms with Crippen molar-refractivity contribution in [2.24, 2.45) is 16.7 Å². The third kappa shape index (κ3) is 4.32. The number of aliphatic hydroxyl groups is 1. The summed E-state index contributed by atoms with van der Waals surface area (Å²) in [5.74, 6) is -0.293. The molecule has 0 saturated heterocycles. The Morgan fingerprint density at radius 2 is 1.76 bits per heavy atom. The monoisotopic (exact) mass is 350 g/mol. The summed E-state index contributed by atoms with van der Waals surface area (Å²) in [4.78, 5) is 25.3. The van der Waals surface area contributed by atoms with Gasteiger partial charge in [0.2, 0.25) is 11.8 Å². The van der Waals surface area contributed by atoms with Crippen LogP contribution in [0, 0.1) is 16.7 Å². The van der Waals surface area contributed by atoms with E-state index in [1.54, 1.807) is 12.2 Å². The summed E-state index contributed by atoms with van der Waals surface area (Å²) in [5, 5.41) is 16.4. The van der Waals surface area contributed by atoms with Crippen LogP contribution in [0.25, 0.3) is 0 Å².